The molecule has 0 aromatic heterocycles. The zero-order valence-corrected chi connectivity index (χ0v) is 18.6. The standard InChI is InChI=1S/C22H36N2O6/c1-14-7-9-15(10-8-14)24(19(25)18-6-5-11-29-18)16-12-17(20(26)27)23(13-16)21(28)30-22(2,3)4/h14-18H,5-13H2,1-4H3,(H,26,27)/t14-,15+,16-,17+,18+/m1/s1. The second-order valence-corrected chi connectivity index (χ2v) is 10.0. The van der Waals surface area contributed by atoms with E-state index in [-0.39, 0.29) is 31.0 Å². The summed E-state index contributed by atoms with van der Waals surface area (Å²) in [7, 11) is 0. The van der Waals surface area contributed by atoms with Gasteiger partial charge in [0.25, 0.3) is 5.91 Å². The number of carboxylic acids is 1. The van der Waals surface area contributed by atoms with Crippen LogP contribution in [0.2, 0.25) is 0 Å². The van der Waals surface area contributed by atoms with Gasteiger partial charge in [-0.05, 0) is 65.2 Å². The molecule has 3 aliphatic rings. The predicted molar refractivity (Wildman–Crippen MR) is 110 cm³/mol. The molecule has 2 amide bonds. The summed E-state index contributed by atoms with van der Waals surface area (Å²) in [4.78, 5) is 41.2. The molecule has 0 unspecified atom stereocenters. The van der Waals surface area contributed by atoms with Crippen LogP contribution in [-0.2, 0) is 19.1 Å². The SMILES string of the molecule is CC(C)(C)OC(=O)N1C[C@H](N(C(=O)[C@@H]2CCCO2)[C@H]2CC[C@@H](C)CC2)C[C@H]1C(=O)O. The Morgan fingerprint density at radius 3 is 2.27 bits per heavy atom. The van der Waals surface area contributed by atoms with Crippen molar-refractivity contribution in [3.05, 3.63) is 0 Å². The highest BCUT2D eigenvalue weighted by Gasteiger charge is 2.47. The molecule has 30 heavy (non-hydrogen) atoms. The Balaban J connectivity index is 1.82. The Bertz CT molecular complexity index is 647. The van der Waals surface area contributed by atoms with E-state index in [0.29, 0.717) is 18.9 Å². The second kappa shape index (κ2) is 9.12. The molecule has 0 aromatic carbocycles. The van der Waals surface area contributed by atoms with Crippen LogP contribution in [0.15, 0.2) is 0 Å². The topological polar surface area (TPSA) is 96.4 Å². The number of ether oxygens (including phenoxy) is 2. The lowest BCUT2D eigenvalue weighted by atomic mass is 9.85. The van der Waals surface area contributed by atoms with Gasteiger partial charge in [0, 0.05) is 25.6 Å². The third-order valence-corrected chi connectivity index (χ3v) is 6.42. The smallest absolute Gasteiger partial charge is 0.411 e. The van der Waals surface area contributed by atoms with Gasteiger partial charge in [0.2, 0.25) is 0 Å². The minimum atomic E-state index is -1.06. The van der Waals surface area contributed by atoms with E-state index in [4.69, 9.17) is 9.47 Å². The van der Waals surface area contributed by atoms with Crippen molar-refractivity contribution in [2.45, 2.75) is 102 Å². The monoisotopic (exact) mass is 424 g/mol. The summed E-state index contributed by atoms with van der Waals surface area (Å²) in [5.74, 6) is -0.480. The quantitative estimate of drug-likeness (QED) is 0.745. The van der Waals surface area contributed by atoms with Gasteiger partial charge in [-0.2, -0.15) is 0 Å². The first-order valence-electron chi connectivity index (χ1n) is 11.2. The van der Waals surface area contributed by atoms with Crippen LogP contribution in [0.4, 0.5) is 4.79 Å². The van der Waals surface area contributed by atoms with Crippen molar-refractivity contribution in [1.29, 1.82) is 0 Å². The number of rotatable bonds is 4. The molecule has 0 aromatic rings. The van der Waals surface area contributed by atoms with Gasteiger partial charge < -0.3 is 19.5 Å². The van der Waals surface area contributed by atoms with Crippen molar-refractivity contribution in [1.82, 2.24) is 9.80 Å². The largest absolute Gasteiger partial charge is 0.480 e. The fraction of sp³-hybridized carbons (Fsp3) is 0.864. The van der Waals surface area contributed by atoms with E-state index in [9.17, 15) is 19.5 Å². The van der Waals surface area contributed by atoms with Crippen LogP contribution >= 0.6 is 0 Å². The van der Waals surface area contributed by atoms with Gasteiger partial charge in [0.15, 0.2) is 0 Å². The first-order valence-corrected chi connectivity index (χ1v) is 11.2. The van der Waals surface area contributed by atoms with Crippen LogP contribution in [0.5, 0.6) is 0 Å². The molecule has 0 bridgehead atoms. The van der Waals surface area contributed by atoms with E-state index in [2.05, 4.69) is 6.92 Å². The number of hydrogen-bond donors (Lipinski definition) is 1. The highest BCUT2D eigenvalue weighted by Crippen LogP contribution is 2.34. The molecule has 3 atom stereocenters. The number of carbonyl (C=O) groups is 3. The molecule has 2 aliphatic heterocycles. The summed E-state index contributed by atoms with van der Waals surface area (Å²) in [6.07, 6.45) is 4.58. The van der Waals surface area contributed by atoms with Crippen molar-refractivity contribution in [2.75, 3.05) is 13.2 Å². The maximum absolute atomic E-state index is 13.4. The number of nitrogens with zero attached hydrogens (tertiary/aromatic N) is 2. The van der Waals surface area contributed by atoms with Crippen LogP contribution in [0.25, 0.3) is 0 Å². The predicted octanol–water partition coefficient (Wildman–Crippen LogP) is 3.04. The van der Waals surface area contributed by atoms with Crippen LogP contribution in [0.3, 0.4) is 0 Å². The third-order valence-electron chi connectivity index (χ3n) is 6.42. The van der Waals surface area contributed by atoms with Crippen LogP contribution in [0, 0.1) is 5.92 Å². The molecule has 3 rings (SSSR count). The van der Waals surface area contributed by atoms with E-state index in [1.165, 1.54) is 4.90 Å². The molecule has 8 nitrogen and oxygen atoms in total. The van der Waals surface area contributed by atoms with E-state index in [1.807, 2.05) is 4.90 Å². The van der Waals surface area contributed by atoms with Gasteiger partial charge in [-0.15, -0.1) is 0 Å². The summed E-state index contributed by atoms with van der Waals surface area (Å²) < 4.78 is 11.1. The zero-order valence-electron chi connectivity index (χ0n) is 18.6. The van der Waals surface area contributed by atoms with Gasteiger partial charge in [0.1, 0.15) is 17.7 Å². The highest BCUT2D eigenvalue weighted by atomic mass is 16.6. The van der Waals surface area contributed by atoms with Crippen LogP contribution in [0.1, 0.15) is 72.6 Å². The molecule has 8 heteroatoms. The second-order valence-electron chi connectivity index (χ2n) is 10.0. The molecule has 170 valence electrons. The van der Waals surface area contributed by atoms with Crippen molar-refractivity contribution in [2.24, 2.45) is 5.92 Å². The lowest BCUT2D eigenvalue weighted by Gasteiger charge is -2.41. The average Bonchev–Trinajstić information content (AvgIpc) is 3.32. The number of aliphatic carboxylic acids is 1. The molecule has 3 fully saturated rings. The molecule has 0 spiro atoms. The molecule has 2 saturated heterocycles. The molecule has 1 aliphatic carbocycles. The van der Waals surface area contributed by atoms with Crippen LogP contribution < -0.4 is 0 Å². The minimum absolute atomic E-state index is 0.0489. The molecule has 0 radical (unpaired) electrons. The molecule has 2 heterocycles. The van der Waals surface area contributed by atoms with Gasteiger partial charge in [-0.25, -0.2) is 9.59 Å². The lowest BCUT2D eigenvalue weighted by molar-refractivity contribution is -0.147. The zero-order chi connectivity index (χ0) is 22.1. The number of carboxylic acid groups (broad SMARTS) is 1. The Hall–Kier alpha value is -1.83. The first kappa shape index (κ1) is 22.8. The minimum Gasteiger partial charge on any atom is -0.480 e. The van der Waals surface area contributed by atoms with Crippen molar-refractivity contribution >= 4 is 18.0 Å². The summed E-state index contributed by atoms with van der Waals surface area (Å²) in [6, 6.07) is -1.27. The Labute approximate surface area is 178 Å². The fourth-order valence-corrected chi connectivity index (χ4v) is 4.89. The summed E-state index contributed by atoms with van der Waals surface area (Å²) >= 11 is 0. The number of carbonyl (C=O) groups excluding carboxylic acids is 2. The van der Waals surface area contributed by atoms with Crippen molar-refractivity contribution < 1.29 is 29.0 Å². The first-order chi connectivity index (χ1) is 14.1. The molecule has 1 saturated carbocycles. The van der Waals surface area contributed by atoms with Gasteiger partial charge >= 0.3 is 12.1 Å². The molecule has 1 N–H and O–H groups in total. The Kier molecular flexibility index (Phi) is 6.95. The fourth-order valence-electron chi connectivity index (χ4n) is 4.89. The van der Waals surface area contributed by atoms with Gasteiger partial charge in [0.05, 0.1) is 6.04 Å². The number of hydrogen-bond acceptors (Lipinski definition) is 5. The maximum Gasteiger partial charge on any atom is 0.411 e. The average molecular weight is 425 g/mol. The number of likely N-dealkylation sites (tertiary alicyclic amines) is 1. The van der Waals surface area contributed by atoms with Crippen molar-refractivity contribution in [3.8, 4) is 0 Å². The van der Waals surface area contributed by atoms with E-state index >= 15 is 0 Å². The third kappa shape index (κ3) is 5.25. The molecular weight excluding hydrogens is 388 g/mol. The lowest BCUT2D eigenvalue weighted by Crippen LogP contribution is -2.53. The molecular formula is C22H36N2O6. The van der Waals surface area contributed by atoms with E-state index < -0.39 is 29.8 Å². The Morgan fingerprint density at radius 1 is 1.07 bits per heavy atom. The van der Waals surface area contributed by atoms with E-state index in [0.717, 1.165) is 32.1 Å². The number of amides is 2. The van der Waals surface area contributed by atoms with Gasteiger partial charge in [-0.1, -0.05) is 6.92 Å². The normalized spacial score (nSPS) is 32.1. The van der Waals surface area contributed by atoms with Gasteiger partial charge in [-0.3, -0.25) is 9.69 Å². The summed E-state index contributed by atoms with van der Waals surface area (Å²) in [5.41, 5.74) is -0.717. The Morgan fingerprint density at radius 2 is 1.73 bits per heavy atom. The maximum atomic E-state index is 13.4. The summed E-state index contributed by atoms with van der Waals surface area (Å²) in [5, 5.41) is 9.75. The van der Waals surface area contributed by atoms with Crippen molar-refractivity contribution in [3.63, 3.8) is 0 Å². The van der Waals surface area contributed by atoms with E-state index in [1.54, 1.807) is 20.8 Å². The highest BCUT2D eigenvalue weighted by molar-refractivity contribution is 5.84. The van der Waals surface area contributed by atoms with Crippen LogP contribution in [-0.4, -0.2) is 75.9 Å². The summed E-state index contributed by atoms with van der Waals surface area (Å²) in [6.45, 7) is 8.25.